The molecule has 1 aliphatic heterocycles. The molecular formula is C27H28N2O3S. The van der Waals surface area contributed by atoms with E-state index < -0.39 is 10.0 Å². The van der Waals surface area contributed by atoms with Crippen molar-refractivity contribution in [3.63, 3.8) is 0 Å². The van der Waals surface area contributed by atoms with Crippen LogP contribution in [0.3, 0.4) is 0 Å². The van der Waals surface area contributed by atoms with E-state index in [2.05, 4.69) is 34.3 Å². The highest BCUT2D eigenvalue weighted by Crippen LogP contribution is 2.50. The van der Waals surface area contributed by atoms with Gasteiger partial charge in [-0.05, 0) is 84.8 Å². The molecule has 0 saturated carbocycles. The van der Waals surface area contributed by atoms with E-state index in [1.54, 1.807) is 13.2 Å². The Hall–Kier alpha value is -3.25. The lowest BCUT2D eigenvalue weighted by Gasteiger charge is -2.37. The number of allylic oxidation sites excluding steroid dienone is 2. The number of hydrogen-bond acceptors (Lipinski definition) is 4. The summed E-state index contributed by atoms with van der Waals surface area (Å²) in [5, 5.41) is 3.67. The molecular weight excluding hydrogens is 432 g/mol. The largest absolute Gasteiger partial charge is 0.497 e. The van der Waals surface area contributed by atoms with Crippen LogP contribution < -0.4 is 14.8 Å². The van der Waals surface area contributed by atoms with Gasteiger partial charge in [-0.25, -0.2) is 8.42 Å². The number of fused-ring (bicyclic) bond motifs is 3. The normalized spacial score (nSPS) is 21.1. The van der Waals surface area contributed by atoms with Crippen molar-refractivity contribution >= 4 is 21.4 Å². The average Bonchev–Trinajstić information content (AvgIpc) is 3.31. The number of rotatable bonds is 5. The molecule has 0 spiro atoms. The number of methoxy groups -OCH3 is 1. The molecule has 3 aromatic rings. The van der Waals surface area contributed by atoms with Crippen LogP contribution in [-0.2, 0) is 10.0 Å². The van der Waals surface area contributed by atoms with Gasteiger partial charge in [0.15, 0.2) is 0 Å². The highest BCUT2D eigenvalue weighted by Gasteiger charge is 2.38. The van der Waals surface area contributed by atoms with Crippen LogP contribution in [0.4, 0.5) is 11.4 Å². The van der Waals surface area contributed by atoms with Gasteiger partial charge in [0, 0.05) is 11.6 Å². The first-order valence-electron chi connectivity index (χ1n) is 11.2. The van der Waals surface area contributed by atoms with Gasteiger partial charge < -0.3 is 10.1 Å². The molecule has 3 atom stereocenters. The summed E-state index contributed by atoms with van der Waals surface area (Å²) in [6, 6.07) is 19.4. The number of anilines is 2. The summed E-state index contributed by atoms with van der Waals surface area (Å²) in [6.07, 6.45) is 5.36. The third kappa shape index (κ3) is 4.00. The SMILES string of the molecule is COc1cccc([C@@H]2Nc3ccc(S(=O)(=O)Nc4cc(C)ccc4C)cc3[C@H]3C=CC[C@@H]32)c1. The van der Waals surface area contributed by atoms with Gasteiger partial charge in [0.05, 0.1) is 23.7 Å². The average molecular weight is 461 g/mol. The van der Waals surface area contributed by atoms with Gasteiger partial charge in [-0.3, -0.25) is 4.72 Å². The maximum Gasteiger partial charge on any atom is 0.261 e. The van der Waals surface area contributed by atoms with Crippen LogP contribution in [0.5, 0.6) is 5.75 Å². The molecule has 0 fully saturated rings. The van der Waals surface area contributed by atoms with Crippen molar-refractivity contribution in [3.8, 4) is 5.75 Å². The van der Waals surface area contributed by atoms with Gasteiger partial charge in [-0.1, -0.05) is 36.4 Å². The number of aryl methyl sites for hydroxylation is 2. The Bertz CT molecular complexity index is 1350. The Kier molecular flexibility index (Phi) is 5.41. The lowest BCUT2D eigenvalue weighted by Crippen LogP contribution is -2.29. The Balaban J connectivity index is 1.49. The standard InChI is InChI=1S/C27H28N2O3S/c1-17-10-11-18(2)26(14-17)29-33(30,31)21-12-13-25-24(16-21)22-8-5-9-23(22)27(28-25)19-6-4-7-20(15-19)32-3/h4-8,10-16,22-23,27-29H,9H2,1-3H3/t22-,23-,27-/m0/s1. The number of sulfonamides is 1. The predicted octanol–water partition coefficient (Wildman–Crippen LogP) is 5.94. The van der Waals surface area contributed by atoms with Crippen molar-refractivity contribution in [1.82, 2.24) is 0 Å². The quantitative estimate of drug-likeness (QED) is 0.463. The zero-order chi connectivity index (χ0) is 23.2. The molecule has 170 valence electrons. The second-order valence-electron chi connectivity index (χ2n) is 8.93. The van der Waals surface area contributed by atoms with Gasteiger partial charge in [0.1, 0.15) is 5.75 Å². The van der Waals surface area contributed by atoms with Crippen LogP contribution in [0.15, 0.2) is 77.7 Å². The number of ether oxygens (including phenoxy) is 1. The summed E-state index contributed by atoms with van der Waals surface area (Å²) < 4.78 is 34.7. The van der Waals surface area contributed by atoms with Crippen molar-refractivity contribution in [2.75, 3.05) is 17.1 Å². The first kappa shape index (κ1) is 21.6. The van der Waals surface area contributed by atoms with Gasteiger partial charge in [0.2, 0.25) is 0 Å². The smallest absolute Gasteiger partial charge is 0.261 e. The molecule has 1 heterocycles. The van der Waals surface area contributed by atoms with Crippen LogP contribution in [0, 0.1) is 19.8 Å². The molecule has 0 bridgehead atoms. The highest BCUT2D eigenvalue weighted by molar-refractivity contribution is 7.92. The molecule has 0 saturated heterocycles. The molecule has 1 aliphatic carbocycles. The molecule has 0 radical (unpaired) electrons. The van der Waals surface area contributed by atoms with Gasteiger partial charge in [0.25, 0.3) is 10.0 Å². The van der Waals surface area contributed by atoms with Crippen LogP contribution in [0.1, 0.15) is 40.6 Å². The van der Waals surface area contributed by atoms with E-state index in [9.17, 15) is 8.42 Å². The topological polar surface area (TPSA) is 67.4 Å². The number of benzene rings is 3. The summed E-state index contributed by atoms with van der Waals surface area (Å²) in [4.78, 5) is 0.280. The second-order valence-corrected chi connectivity index (χ2v) is 10.6. The maximum atomic E-state index is 13.2. The lowest BCUT2D eigenvalue weighted by molar-refractivity contribution is 0.406. The molecule has 5 nitrogen and oxygen atoms in total. The van der Waals surface area contributed by atoms with Crippen LogP contribution >= 0.6 is 0 Å². The molecule has 0 amide bonds. The fourth-order valence-corrected chi connectivity index (χ4v) is 6.11. The van der Waals surface area contributed by atoms with E-state index in [-0.39, 0.29) is 16.9 Å². The number of nitrogens with one attached hydrogen (secondary N) is 2. The molecule has 0 unspecified atom stereocenters. The minimum atomic E-state index is -3.71. The minimum absolute atomic E-state index is 0.128. The maximum absolute atomic E-state index is 13.2. The molecule has 2 N–H and O–H groups in total. The van der Waals surface area contributed by atoms with E-state index >= 15 is 0 Å². The van der Waals surface area contributed by atoms with Crippen LogP contribution in [0.25, 0.3) is 0 Å². The van der Waals surface area contributed by atoms with E-state index in [0.29, 0.717) is 11.6 Å². The summed E-state index contributed by atoms with van der Waals surface area (Å²) in [6.45, 7) is 3.85. The van der Waals surface area contributed by atoms with Crippen molar-refractivity contribution in [3.05, 3.63) is 95.1 Å². The van der Waals surface area contributed by atoms with E-state index in [1.165, 1.54) is 5.56 Å². The van der Waals surface area contributed by atoms with Gasteiger partial charge in [-0.2, -0.15) is 0 Å². The molecule has 0 aromatic heterocycles. The third-order valence-electron chi connectivity index (χ3n) is 6.73. The zero-order valence-electron chi connectivity index (χ0n) is 19.0. The monoisotopic (exact) mass is 460 g/mol. The summed E-state index contributed by atoms with van der Waals surface area (Å²) in [7, 11) is -2.03. The summed E-state index contributed by atoms with van der Waals surface area (Å²) in [5.74, 6) is 1.31. The van der Waals surface area contributed by atoms with Crippen molar-refractivity contribution in [2.24, 2.45) is 5.92 Å². The summed E-state index contributed by atoms with van der Waals surface area (Å²) in [5.41, 5.74) is 5.69. The first-order chi connectivity index (χ1) is 15.9. The Morgan fingerprint density at radius 2 is 1.88 bits per heavy atom. The van der Waals surface area contributed by atoms with Gasteiger partial charge in [-0.15, -0.1) is 0 Å². The fraction of sp³-hybridized carbons (Fsp3) is 0.259. The second kappa shape index (κ2) is 8.27. The minimum Gasteiger partial charge on any atom is -0.497 e. The van der Waals surface area contributed by atoms with Crippen molar-refractivity contribution in [2.45, 2.75) is 37.1 Å². The number of hydrogen-bond donors (Lipinski definition) is 2. The highest BCUT2D eigenvalue weighted by atomic mass is 32.2. The summed E-state index contributed by atoms with van der Waals surface area (Å²) >= 11 is 0. The Labute approximate surface area is 195 Å². The van der Waals surface area contributed by atoms with E-state index in [1.807, 2.05) is 56.3 Å². The fourth-order valence-electron chi connectivity index (χ4n) is 4.95. The zero-order valence-corrected chi connectivity index (χ0v) is 19.8. The van der Waals surface area contributed by atoms with Crippen LogP contribution in [0.2, 0.25) is 0 Å². The van der Waals surface area contributed by atoms with E-state index in [0.717, 1.165) is 34.5 Å². The third-order valence-corrected chi connectivity index (χ3v) is 8.10. The Morgan fingerprint density at radius 1 is 1.03 bits per heavy atom. The molecule has 2 aliphatic rings. The Morgan fingerprint density at radius 3 is 2.70 bits per heavy atom. The predicted molar refractivity (Wildman–Crippen MR) is 133 cm³/mol. The molecule has 6 heteroatoms. The lowest BCUT2D eigenvalue weighted by atomic mass is 9.77. The first-order valence-corrected chi connectivity index (χ1v) is 12.7. The van der Waals surface area contributed by atoms with Gasteiger partial charge >= 0.3 is 0 Å². The van der Waals surface area contributed by atoms with Crippen molar-refractivity contribution in [1.29, 1.82) is 0 Å². The van der Waals surface area contributed by atoms with Crippen molar-refractivity contribution < 1.29 is 13.2 Å². The van der Waals surface area contributed by atoms with E-state index in [4.69, 9.17) is 4.74 Å². The molecule has 5 rings (SSSR count). The molecule has 33 heavy (non-hydrogen) atoms. The van der Waals surface area contributed by atoms with Crippen LogP contribution in [-0.4, -0.2) is 15.5 Å². The molecule has 3 aromatic carbocycles.